The van der Waals surface area contributed by atoms with Crippen LogP contribution < -0.4 is 4.72 Å². The molecule has 0 saturated carbocycles. The number of nitrogens with one attached hydrogen (secondary N) is 1. The predicted molar refractivity (Wildman–Crippen MR) is 142 cm³/mol. The highest BCUT2D eigenvalue weighted by molar-refractivity contribution is 7.89. The van der Waals surface area contributed by atoms with Gasteiger partial charge in [0.15, 0.2) is 0 Å². The van der Waals surface area contributed by atoms with Gasteiger partial charge in [-0.2, -0.15) is 0 Å². The molecule has 0 aliphatic heterocycles. The molecule has 2 atom stereocenters. The van der Waals surface area contributed by atoms with Crippen molar-refractivity contribution in [3.05, 3.63) is 138 Å². The maximum absolute atomic E-state index is 13.4. The number of hydrogen-bond donors (Lipinski definition) is 1. The normalized spacial score (nSPS) is 13.5. The van der Waals surface area contributed by atoms with Crippen molar-refractivity contribution in [1.29, 1.82) is 0 Å². The number of hydrogen-bond acceptors (Lipinski definition) is 3. The molecule has 0 bridgehead atoms. The zero-order valence-corrected chi connectivity index (χ0v) is 21.0. The monoisotopic (exact) mass is 484 g/mol. The van der Waals surface area contributed by atoms with E-state index in [4.69, 9.17) is 0 Å². The first-order valence-corrected chi connectivity index (χ1v) is 13.4. The Morgan fingerprint density at radius 3 is 1.63 bits per heavy atom. The second kappa shape index (κ2) is 11.5. The highest BCUT2D eigenvalue weighted by Gasteiger charge is 2.30. The van der Waals surface area contributed by atoms with Crippen LogP contribution in [-0.2, 0) is 23.1 Å². The summed E-state index contributed by atoms with van der Waals surface area (Å²) in [5.41, 5.74) is 4.32. The van der Waals surface area contributed by atoms with Crippen LogP contribution in [0.3, 0.4) is 0 Å². The van der Waals surface area contributed by atoms with Crippen LogP contribution >= 0.6 is 0 Å². The summed E-state index contributed by atoms with van der Waals surface area (Å²) in [7, 11) is -3.73. The van der Waals surface area contributed by atoms with Crippen LogP contribution in [0.5, 0.6) is 0 Å². The molecule has 0 aromatic heterocycles. The number of nitrogens with zero attached hydrogens (tertiary/aromatic N) is 1. The van der Waals surface area contributed by atoms with Gasteiger partial charge in [0.25, 0.3) is 0 Å². The molecule has 4 aromatic rings. The van der Waals surface area contributed by atoms with Crippen LogP contribution in [0, 0.1) is 6.92 Å². The fourth-order valence-electron chi connectivity index (χ4n) is 4.25. The van der Waals surface area contributed by atoms with Crippen molar-refractivity contribution in [2.24, 2.45) is 0 Å². The lowest BCUT2D eigenvalue weighted by Gasteiger charge is -2.35. The van der Waals surface area contributed by atoms with Gasteiger partial charge in [0.1, 0.15) is 0 Å². The van der Waals surface area contributed by atoms with Crippen molar-refractivity contribution in [2.75, 3.05) is 0 Å². The number of aryl methyl sites for hydroxylation is 1. The standard InChI is InChI=1S/C30H32N2O2S/c1-24-18-20-29(21-19-24)35(33,34)31-30(28-16-10-5-11-17-28)25(2)32(22-26-12-6-3-7-13-26)23-27-14-8-4-9-15-27/h3-21,25,30-31H,22-23H2,1-2H3/t25-,30-/m0/s1. The Labute approximate surface area is 209 Å². The zero-order chi connectivity index (χ0) is 24.7. The number of sulfonamides is 1. The van der Waals surface area contributed by atoms with E-state index in [0.717, 1.165) is 11.1 Å². The van der Waals surface area contributed by atoms with E-state index in [0.29, 0.717) is 13.1 Å². The van der Waals surface area contributed by atoms with Crippen LogP contribution in [0.2, 0.25) is 0 Å². The third-order valence-corrected chi connectivity index (χ3v) is 7.74. The van der Waals surface area contributed by atoms with E-state index in [-0.39, 0.29) is 10.9 Å². The predicted octanol–water partition coefficient (Wildman–Crippen LogP) is 6.11. The summed E-state index contributed by atoms with van der Waals surface area (Å²) < 4.78 is 29.9. The molecular weight excluding hydrogens is 452 g/mol. The first-order chi connectivity index (χ1) is 16.9. The van der Waals surface area contributed by atoms with E-state index in [1.54, 1.807) is 12.1 Å². The van der Waals surface area contributed by atoms with E-state index >= 15 is 0 Å². The SMILES string of the molecule is Cc1ccc(S(=O)(=O)N[C@H](c2ccccc2)[C@H](C)N(Cc2ccccc2)Cc2ccccc2)cc1. The van der Waals surface area contributed by atoms with Gasteiger partial charge in [0.2, 0.25) is 10.0 Å². The lowest BCUT2D eigenvalue weighted by molar-refractivity contribution is 0.161. The Morgan fingerprint density at radius 1 is 0.686 bits per heavy atom. The highest BCUT2D eigenvalue weighted by atomic mass is 32.2. The molecule has 0 aliphatic rings. The zero-order valence-electron chi connectivity index (χ0n) is 20.2. The number of rotatable bonds is 10. The molecular formula is C30H32N2O2S. The van der Waals surface area contributed by atoms with Crippen LogP contribution in [0.4, 0.5) is 0 Å². The van der Waals surface area contributed by atoms with Gasteiger partial charge in [-0.1, -0.05) is 109 Å². The summed E-state index contributed by atoms with van der Waals surface area (Å²) in [6.45, 7) is 5.45. The van der Waals surface area contributed by atoms with E-state index in [9.17, 15) is 8.42 Å². The van der Waals surface area contributed by atoms with Crippen molar-refractivity contribution in [3.63, 3.8) is 0 Å². The van der Waals surface area contributed by atoms with Crippen molar-refractivity contribution in [3.8, 4) is 0 Å². The van der Waals surface area contributed by atoms with Gasteiger partial charge in [0, 0.05) is 19.1 Å². The van der Waals surface area contributed by atoms with E-state index < -0.39 is 16.1 Å². The molecule has 4 aromatic carbocycles. The van der Waals surface area contributed by atoms with E-state index in [2.05, 4.69) is 40.8 Å². The fraction of sp³-hybridized carbons (Fsp3) is 0.200. The molecule has 0 radical (unpaired) electrons. The Kier molecular flexibility index (Phi) is 8.13. The highest BCUT2D eigenvalue weighted by Crippen LogP contribution is 2.27. The largest absolute Gasteiger partial charge is 0.290 e. The van der Waals surface area contributed by atoms with Gasteiger partial charge in [-0.25, -0.2) is 13.1 Å². The second-order valence-electron chi connectivity index (χ2n) is 8.94. The molecule has 5 heteroatoms. The summed E-state index contributed by atoms with van der Waals surface area (Å²) in [6.07, 6.45) is 0. The molecule has 1 N–H and O–H groups in total. The average Bonchev–Trinajstić information content (AvgIpc) is 2.88. The average molecular weight is 485 g/mol. The van der Waals surface area contributed by atoms with Gasteiger partial charge in [-0.05, 0) is 42.7 Å². The first-order valence-electron chi connectivity index (χ1n) is 11.9. The molecule has 0 heterocycles. The minimum Gasteiger partial charge on any atom is -0.290 e. The summed E-state index contributed by atoms with van der Waals surface area (Å²) >= 11 is 0. The quantitative estimate of drug-likeness (QED) is 0.296. The Bertz CT molecular complexity index is 1250. The van der Waals surface area contributed by atoms with E-state index in [1.807, 2.05) is 85.8 Å². The molecule has 4 nitrogen and oxygen atoms in total. The topological polar surface area (TPSA) is 49.4 Å². The van der Waals surface area contributed by atoms with Crippen LogP contribution in [0.1, 0.15) is 35.2 Å². The van der Waals surface area contributed by atoms with Crippen molar-refractivity contribution in [1.82, 2.24) is 9.62 Å². The maximum Gasteiger partial charge on any atom is 0.241 e. The molecule has 0 spiro atoms. The van der Waals surface area contributed by atoms with Crippen LogP contribution in [0.15, 0.2) is 120 Å². The molecule has 0 aliphatic carbocycles. The van der Waals surface area contributed by atoms with Crippen LogP contribution in [0.25, 0.3) is 0 Å². The minimum absolute atomic E-state index is 0.127. The second-order valence-corrected chi connectivity index (χ2v) is 10.7. The molecule has 0 fully saturated rings. The third kappa shape index (κ3) is 6.67. The van der Waals surface area contributed by atoms with Crippen molar-refractivity contribution >= 4 is 10.0 Å². The van der Waals surface area contributed by atoms with Gasteiger partial charge in [-0.3, -0.25) is 4.90 Å². The third-order valence-electron chi connectivity index (χ3n) is 6.29. The number of benzene rings is 4. The molecule has 0 unspecified atom stereocenters. The lowest BCUT2D eigenvalue weighted by Crippen LogP contribution is -2.44. The Balaban J connectivity index is 1.69. The molecule has 180 valence electrons. The summed E-state index contributed by atoms with van der Waals surface area (Å²) in [5.74, 6) is 0. The first kappa shape index (κ1) is 24.9. The lowest BCUT2D eigenvalue weighted by atomic mass is 9.99. The molecule has 4 rings (SSSR count). The van der Waals surface area contributed by atoms with Gasteiger partial charge in [-0.15, -0.1) is 0 Å². The minimum atomic E-state index is -3.73. The van der Waals surface area contributed by atoms with Gasteiger partial charge >= 0.3 is 0 Å². The van der Waals surface area contributed by atoms with Crippen LogP contribution in [-0.4, -0.2) is 19.4 Å². The van der Waals surface area contributed by atoms with Crippen molar-refractivity contribution < 1.29 is 8.42 Å². The summed E-state index contributed by atoms with van der Waals surface area (Å²) in [6, 6.07) is 36.9. The smallest absolute Gasteiger partial charge is 0.241 e. The molecule has 0 saturated heterocycles. The Hall–Kier alpha value is -3.25. The van der Waals surface area contributed by atoms with E-state index in [1.165, 1.54) is 11.1 Å². The maximum atomic E-state index is 13.4. The summed E-state index contributed by atoms with van der Waals surface area (Å²) in [5, 5.41) is 0. The summed E-state index contributed by atoms with van der Waals surface area (Å²) in [4.78, 5) is 2.61. The van der Waals surface area contributed by atoms with Crippen molar-refractivity contribution in [2.45, 2.75) is 43.9 Å². The molecule has 35 heavy (non-hydrogen) atoms. The van der Waals surface area contributed by atoms with Gasteiger partial charge in [0.05, 0.1) is 10.9 Å². The Morgan fingerprint density at radius 2 is 1.14 bits per heavy atom. The molecule has 0 amide bonds. The fourth-order valence-corrected chi connectivity index (χ4v) is 5.55. The van der Waals surface area contributed by atoms with Gasteiger partial charge < -0.3 is 0 Å².